The number of aromatic nitrogens is 2. The minimum atomic E-state index is -1.54. The zero-order chi connectivity index (χ0) is 16.6. The molecule has 2 atom stereocenters. The first-order chi connectivity index (χ1) is 11.0. The maximum atomic E-state index is 13.5. The van der Waals surface area contributed by atoms with E-state index in [2.05, 4.69) is 9.97 Å². The topological polar surface area (TPSA) is 95.5 Å². The summed E-state index contributed by atoms with van der Waals surface area (Å²) in [6.07, 6.45) is -0.349. The van der Waals surface area contributed by atoms with Gasteiger partial charge in [-0.2, -0.15) is 0 Å². The van der Waals surface area contributed by atoms with Crippen LogP contribution in [0.3, 0.4) is 0 Å². The third kappa shape index (κ3) is 2.72. The van der Waals surface area contributed by atoms with E-state index in [1.165, 1.54) is 12.3 Å². The van der Waals surface area contributed by atoms with Crippen molar-refractivity contribution in [3.63, 3.8) is 0 Å². The van der Waals surface area contributed by atoms with Crippen LogP contribution in [-0.4, -0.2) is 38.3 Å². The molecule has 0 saturated carbocycles. The first-order valence-electron chi connectivity index (χ1n) is 6.63. The summed E-state index contributed by atoms with van der Waals surface area (Å²) in [7, 11) is 0. The smallest absolute Gasteiger partial charge is 0.420 e. The molecule has 1 saturated heterocycles. The molecule has 0 spiro atoms. The number of nitrogens with one attached hydrogen (secondary N) is 1. The molecule has 2 amide bonds. The van der Waals surface area contributed by atoms with Gasteiger partial charge in [-0.15, -0.1) is 0 Å². The summed E-state index contributed by atoms with van der Waals surface area (Å²) in [4.78, 5) is 30.4. The van der Waals surface area contributed by atoms with Crippen LogP contribution in [-0.2, 0) is 11.2 Å². The molecule has 120 valence electrons. The van der Waals surface area contributed by atoms with Gasteiger partial charge in [0.2, 0.25) is 0 Å². The number of benzene rings is 1. The quantitative estimate of drug-likeness (QED) is 0.904. The standard InChI is InChI=1S/C14H11F2N3O4/c15-8-2-1-7(5-9(8)16)12-10(6-11-17-3-4-18-11)23-14(22)19(12)13(20)21/h1-5,10,12H,6H2,(H,17,18)(H,20,21). The van der Waals surface area contributed by atoms with Crippen molar-refractivity contribution < 1.29 is 28.2 Å². The molecule has 7 nitrogen and oxygen atoms in total. The molecule has 2 heterocycles. The first kappa shape index (κ1) is 14.9. The van der Waals surface area contributed by atoms with Crippen molar-refractivity contribution >= 4 is 12.2 Å². The molecule has 0 radical (unpaired) electrons. The summed E-state index contributed by atoms with van der Waals surface area (Å²) in [6, 6.07) is 1.85. The van der Waals surface area contributed by atoms with Gasteiger partial charge >= 0.3 is 12.2 Å². The van der Waals surface area contributed by atoms with Gasteiger partial charge in [-0.25, -0.2) is 28.3 Å². The lowest BCUT2D eigenvalue weighted by molar-refractivity contribution is 0.126. The predicted molar refractivity (Wildman–Crippen MR) is 71.5 cm³/mol. The molecule has 3 rings (SSSR count). The zero-order valence-corrected chi connectivity index (χ0v) is 11.6. The lowest BCUT2D eigenvalue weighted by Gasteiger charge is -2.21. The predicted octanol–water partition coefficient (Wildman–Crippen LogP) is 2.47. The zero-order valence-electron chi connectivity index (χ0n) is 11.6. The highest BCUT2D eigenvalue weighted by Crippen LogP contribution is 2.35. The first-order valence-corrected chi connectivity index (χ1v) is 6.63. The number of aromatic amines is 1. The third-order valence-corrected chi connectivity index (χ3v) is 3.52. The van der Waals surface area contributed by atoms with Crippen LogP contribution in [0.25, 0.3) is 0 Å². The van der Waals surface area contributed by atoms with Gasteiger partial charge in [-0.05, 0) is 17.7 Å². The number of cyclic esters (lactones) is 1. The highest BCUT2D eigenvalue weighted by molar-refractivity contribution is 5.89. The minimum absolute atomic E-state index is 0.103. The number of imidazole rings is 1. The number of carboxylic acid groups (broad SMARTS) is 1. The molecule has 1 aromatic heterocycles. The summed E-state index contributed by atoms with van der Waals surface area (Å²) < 4.78 is 31.7. The molecule has 1 aliphatic heterocycles. The minimum Gasteiger partial charge on any atom is -0.465 e. The van der Waals surface area contributed by atoms with E-state index in [4.69, 9.17) is 4.74 Å². The van der Waals surface area contributed by atoms with Gasteiger partial charge in [-0.1, -0.05) is 6.07 Å². The molecular formula is C14H11F2N3O4. The SMILES string of the molecule is O=C(O)N1C(=O)OC(Cc2ncc[nH]2)C1c1ccc(F)c(F)c1. The van der Waals surface area contributed by atoms with Gasteiger partial charge in [0.1, 0.15) is 18.0 Å². The Hall–Kier alpha value is -2.97. The van der Waals surface area contributed by atoms with Crippen molar-refractivity contribution in [1.29, 1.82) is 0 Å². The van der Waals surface area contributed by atoms with Crippen LogP contribution < -0.4 is 0 Å². The molecule has 0 aliphatic carbocycles. The number of amides is 2. The molecule has 1 fully saturated rings. The number of hydrogen-bond donors (Lipinski definition) is 2. The largest absolute Gasteiger partial charge is 0.465 e. The van der Waals surface area contributed by atoms with E-state index < -0.39 is 36.0 Å². The normalized spacial score (nSPS) is 20.6. The highest BCUT2D eigenvalue weighted by atomic mass is 19.2. The maximum Gasteiger partial charge on any atom is 0.420 e. The number of rotatable bonds is 3. The Morgan fingerprint density at radius 3 is 2.78 bits per heavy atom. The highest BCUT2D eigenvalue weighted by Gasteiger charge is 2.47. The lowest BCUT2D eigenvalue weighted by atomic mass is 9.98. The van der Waals surface area contributed by atoms with Crippen molar-refractivity contribution in [2.75, 3.05) is 0 Å². The van der Waals surface area contributed by atoms with E-state index in [0.29, 0.717) is 10.7 Å². The third-order valence-electron chi connectivity index (χ3n) is 3.52. The van der Waals surface area contributed by atoms with Crippen LogP contribution in [0.2, 0.25) is 0 Å². The molecule has 23 heavy (non-hydrogen) atoms. The molecule has 1 aromatic carbocycles. The van der Waals surface area contributed by atoms with Crippen LogP contribution in [0, 0.1) is 11.6 Å². The number of halogens is 2. The van der Waals surface area contributed by atoms with Gasteiger partial charge in [0.05, 0.1) is 0 Å². The Morgan fingerprint density at radius 1 is 1.39 bits per heavy atom. The van der Waals surface area contributed by atoms with E-state index in [-0.39, 0.29) is 12.0 Å². The number of imide groups is 1. The van der Waals surface area contributed by atoms with E-state index >= 15 is 0 Å². The summed E-state index contributed by atoms with van der Waals surface area (Å²) in [6.45, 7) is 0. The summed E-state index contributed by atoms with van der Waals surface area (Å²) >= 11 is 0. The van der Waals surface area contributed by atoms with E-state index in [1.54, 1.807) is 6.20 Å². The Morgan fingerprint density at radius 2 is 2.17 bits per heavy atom. The molecule has 0 bridgehead atoms. The summed E-state index contributed by atoms with van der Waals surface area (Å²) in [5, 5.41) is 9.22. The molecule has 2 unspecified atom stereocenters. The van der Waals surface area contributed by atoms with Crippen molar-refractivity contribution in [2.45, 2.75) is 18.6 Å². The number of hydrogen-bond acceptors (Lipinski definition) is 4. The number of ether oxygens (including phenoxy) is 1. The number of carbonyl (C=O) groups excluding carboxylic acids is 1. The molecule has 1 aliphatic rings. The molecule has 2 aromatic rings. The summed E-state index contributed by atoms with van der Waals surface area (Å²) in [5.74, 6) is -1.73. The Kier molecular flexibility index (Phi) is 3.68. The van der Waals surface area contributed by atoms with Crippen LogP contribution in [0.5, 0.6) is 0 Å². The van der Waals surface area contributed by atoms with Gasteiger partial charge in [0.15, 0.2) is 11.6 Å². The van der Waals surface area contributed by atoms with E-state index in [9.17, 15) is 23.5 Å². The lowest BCUT2D eigenvalue weighted by Crippen LogP contribution is -2.34. The van der Waals surface area contributed by atoms with Gasteiger partial charge < -0.3 is 14.8 Å². The van der Waals surface area contributed by atoms with E-state index in [1.807, 2.05) is 0 Å². The average molecular weight is 323 g/mol. The fraction of sp³-hybridized carbons (Fsp3) is 0.214. The number of nitrogens with zero attached hydrogens (tertiary/aromatic N) is 2. The second-order valence-electron chi connectivity index (χ2n) is 4.93. The number of carbonyl (C=O) groups is 2. The van der Waals surface area contributed by atoms with E-state index in [0.717, 1.165) is 12.1 Å². The molecule has 2 N–H and O–H groups in total. The van der Waals surface area contributed by atoms with Crippen LogP contribution in [0.15, 0.2) is 30.6 Å². The monoisotopic (exact) mass is 323 g/mol. The fourth-order valence-electron chi connectivity index (χ4n) is 2.54. The average Bonchev–Trinajstić information content (AvgIpc) is 3.10. The van der Waals surface area contributed by atoms with Gasteiger partial charge in [-0.3, -0.25) is 0 Å². The second kappa shape index (κ2) is 5.67. The van der Waals surface area contributed by atoms with Crippen LogP contribution >= 0.6 is 0 Å². The number of H-pyrrole nitrogens is 1. The Bertz CT molecular complexity index is 750. The molecular weight excluding hydrogens is 312 g/mol. The summed E-state index contributed by atoms with van der Waals surface area (Å²) in [5.41, 5.74) is 0.119. The van der Waals surface area contributed by atoms with Crippen molar-refractivity contribution in [3.8, 4) is 0 Å². The van der Waals surface area contributed by atoms with Crippen molar-refractivity contribution in [3.05, 3.63) is 53.6 Å². The fourth-order valence-corrected chi connectivity index (χ4v) is 2.54. The van der Waals surface area contributed by atoms with Crippen LogP contribution in [0.1, 0.15) is 17.4 Å². The van der Waals surface area contributed by atoms with Crippen molar-refractivity contribution in [2.24, 2.45) is 0 Å². The second-order valence-corrected chi connectivity index (χ2v) is 4.93. The van der Waals surface area contributed by atoms with Crippen molar-refractivity contribution in [1.82, 2.24) is 14.9 Å². The van der Waals surface area contributed by atoms with Crippen LogP contribution in [0.4, 0.5) is 18.4 Å². The van der Waals surface area contributed by atoms with Gasteiger partial charge in [0.25, 0.3) is 0 Å². The Labute approximate surface area is 128 Å². The maximum absolute atomic E-state index is 13.5. The Balaban J connectivity index is 1.99. The van der Waals surface area contributed by atoms with Gasteiger partial charge in [0, 0.05) is 18.8 Å². The molecule has 9 heteroatoms.